The molecule has 304 valence electrons. The van der Waals surface area contributed by atoms with Crippen LogP contribution < -0.4 is 5.73 Å². The number of unbranched alkanes of at least 4 members (excludes halogenated alkanes) is 20. The van der Waals surface area contributed by atoms with E-state index in [1.165, 1.54) is 77.0 Å². The van der Waals surface area contributed by atoms with E-state index in [0.717, 1.165) is 64.2 Å². The van der Waals surface area contributed by atoms with Gasteiger partial charge in [-0.15, -0.1) is 0 Å². The first-order valence-corrected chi connectivity index (χ1v) is 21.9. The highest BCUT2D eigenvalue weighted by atomic mass is 31.2. The minimum absolute atomic E-state index is 0.147. The molecule has 0 aromatic carbocycles. The number of carboxylic acids is 1. The van der Waals surface area contributed by atoms with Crippen molar-refractivity contribution in [3.63, 3.8) is 0 Å². The Balaban J connectivity index is 4.42. The van der Waals surface area contributed by atoms with Crippen LogP contribution in [0, 0.1) is 0 Å². The van der Waals surface area contributed by atoms with Crippen molar-refractivity contribution < 1.29 is 47.5 Å². The third-order valence-corrected chi connectivity index (χ3v) is 9.65. The highest BCUT2D eigenvalue weighted by Crippen LogP contribution is 2.43. The van der Waals surface area contributed by atoms with Gasteiger partial charge in [-0.2, -0.15) is 0 Å². The van der Waals surface area contributed by atoms with E-state index < -0.39 is 51.1 Å². The van der Waals surface area contributed by atoms with Crippen molar-refractivity contribution in [2.24, 2.45) is 5.73 Å². The lowest BCUT2D eigenvalue weighted by molar-refractivity contribution is -0.161. The van der Waals surface area contributed by atoms with Crippen molar-refractivity contribution in [3.8, 4) is 0 Å². The van der Waals surface area contributed by atoms with Crippen molar-refractivity contribution in [2.45, 2.75) is 193 Å². The Labute approximate surface area is 315 Å². The summed E-state index contributed by atoms with van der Waals surface area (Å²) in [5.41, 5.74) is 5.32. The molecule has 0 bridgehead atoms. The normalized spacial score (nSPS) is 14.1. The number of hydrogen-bond acceptors (Lipinski definition) is 9. The quantitative estimate of drug-likeness (QED) is 0.0237. The van der Waals surface area contributed by atoms with Crippen LogP contribution in [0.4, 0.5) is 0 Å². The molecule has 0 heterocycles. The molecule has 0 spiro atoms. The van der Waals surface area contributed by atoms with Gasteiger partial charge in [-0.25, -0.2) is 4.57 Å². The molecule has 0 saturated carbocycles. The fourth-order valence-corrected chi connectivity index (χ4v) is 6.23. The van der Waals surface area contributed by atoms with Crippen molar-refractivity contribution in [3.05, 3.63) is 24.3 Å². The predicted molar refractivity (Wildman–Crippen MR) is 208 cm³/mol. The predicted octanol–water partition coefficient (Wildman–Crippen LogP) is 10.3. The van der Waals surface area contributed by atoms with Crippen molar-refractivity contribution in [1.29, 1.82) is 0 Å². The molecule has 0 amide bonds. The smallest absolute Gasteiger partial charge is 0.472 e. The fourth-order valence-electron chi connectivity index (χ4n) is 5.45. The standard InChI is InChI=1S/C40H74NO10P/c1-3-5-7-9-11-13-15-17-18-20-22-24-26-28-30-32-39(43)51-36(34-49-52(46,47)50-35-37(41)40(44)45)33-48-38(42)31-29-27-25-23-21-19-16-14-12-10-8-6-4-2/h11,13,17-18,36-37H,3-10,12,14-16,19-35,41H2,1-2H3,(H,44,45)(H,46,47)/b13-11+,18-17+. The third kappa shape index (κ3) is 35.0. The van der Waals surface area contributed by atoms with Gasteiger partial charge in [0, 0.05) is 12.8 Å². The molecule has 0 aromatic rings. The van der Waals surface area contributed by atoms with Gasteiger partial charge in [-0.3, -0.25) is 23.4 Å². The molecule has 3 atom stereocenters. The largest absolute Gasteiger partial charge is 0.480 e. The van der Waals surface area contributed by atoms with Crippen LogP contribution in [0.2, 0.25) is 0 Å². The van der Waals surface area contributed by atoms with Crippen LogP contribution in [0.1, 0.15) is 181 Å². The molecule has 52 heavy (non-hydrogen) atoms. The van der Waals surface area contributed by atoms with Crippen LogP contribution in [0.5, 0.6) is 0 Å². The van der Waals surface area contributed by atoms with Crippen LogP contribution in [-0.4, -0.2) is 59.9 Å². The zero-order valence-corrected chi connectivity index (χ0v) is 33.5. The first-order chi connectivity index (χ1) is 25.1. The van der Waals surface area contributed by atoms with Gasteiger partial charge in [-0.05, 0) is 44.9 Å². The van der Waals surface area contributed by atoms with Crippen LogP contribution >= 0.6 is 7.82 Å². The number of phosphoric ester groups is 1. The van der Waals surface area contributed by atoms with Gasteiger partial charge in [0.05, 0.1) is 13.2 Å². The van der Waals surface area contributed by atoms with Crippen molar-refractivity contribution >= 4 is 25.7 Å². The second kappa shape index (κ2) is 36.0. The molecule has 11 nitrogen and oxygen atoms in total. The number of carbonyl (C=O) groups is 3. The average molecular weight is 760 g/mol. The molecule has 0 rings (SSSR count). The van der Waals surface area contributed by atoms with E-state index in [0.29, 0.717) is 12.8 Å². The molecule has 4 N–H and O–H groups in total. The van der Waals surface area contributed by atoms with Gasteiger partial charge in [0.15, 0.2) is 6.10 Å². The zero-order chi connectivity index (χ0) is 38.5. The van der Waals surface area contributed by atoms with E-state index in [2.05, 4.69) is 42.7 Å². The number of rotatable bonds is 38. The molecule has 0 fully saturated rings. The van der Waals surface area contributed by atoms with E-state index in [1.54, 1.807) is 0 Å². The Morgan fingerprint density at radius 2 is 1.02 bits per heavy atom. The summed E-state index contributed by atoms with van der Waals surface area (Å²) < 4.78 is 32.6. The highest BCUT2D eigenvalue weighted by Gasteiger charge is 2.28. The second-order valence-electron chi connectivity index (χ2n) is 13.8. The summed E-state index contributed by atoms with van der Waals surface area (Å²) in [6.07, 6.45) is 35.2. The molecule has 3 unspecified atom stereocenters. The molecule has 0 aliphatic rings. The minimum atomic E-state index is -4.71. The summed E-state index contributed by atoms with van der Waals surface area (Å²) in [6, 6.07) is -1.52. The minimum Gasteiger partial charge on any atom is -0.480 e. The zero-order valence-electron chi connectivity index (χ0n) is 32.7. The van der Waals surface area contributed by atoms with Gasteiger partial charge in [0.1, 0.15) is 12.6 Å². The van der Waals surface area contributed by atoms with Crippen LogP contribution in [0.15, 0.2) is 24.3 Å². The van der Waals surface area contributed by atoms with E-state index in [4.69, 9.17) is 24.8 Å². The number of esters is 2. The Hall–Kier alpha value is -2.04. The molecule has 0 saturated heterocycles. The van der Waals surface area contributed by atoms with Crippen molar-refractivity contribution in [1.82, 2.24) is 0 Å². The van der Waals surface area contributed by atoms with Crippen LogP contribution in [0.25, 0.3) is 0 Å². The molecule has 12 heteroatoms. The summed E-state index contributed by atoms with van der Waals surface area (Å²) in [7, 11) is -4.71. The fraction of sp³-hybridized carbons (Fsp3) is 0.825. The highest BCUT2D eigenvalue weighted by molar-refractivity contribution is 7.47. The van der Waals surface area contributed by atoms with Gasteiger partial charge < -0.3 is 25.2 Å². The van der Waals surface area contributed by atoms with E-state index >= 15 is 0 Å². The van der Waals surface area contributed by atoms with E-state index in [-0.39, 0.29) is 19.4 Å². The summed E-state index contributed by atoms with van der Waals surface area (Å²) in [5.74, 6) is -2.39. The number of hydrogen-bond donors (Lipinski definition) is 3. The Kier molecular flexibility index (Phi) is 34.6. The van der Waals surface area contributed by atoms with Gasteiger partial charge >= 0.3 is 25.7 Å². The monoisotopic (exact) mass is 760 g/mol. The number of carbonyl (C=O) groups excluding carboxylic acids is 2. The molecular formula is C40H74NO10P. The Bertz CT molecular complexity index is 989. The molecule has 0 aliphatic carbocycles. The first kappa shape index (κ1) is 50.0. The van der Waals surface area contributed by atoms with Crippen molar-refractivity contribution in [2.75, 3.05) is 19.8 Å². The van der Waals surface area contributed by atoms with Gasteiger partial charge in [0.2, 0.25) is 0 Å². The lowest BCUT2D eigenvalue weighted by Gasteiger charge is -2.20. The molecule has 0 aliphatic heterocycles. The molecular weight excluding hydrogens is 685 g/mol. The number of carboxylic acid groups (broad SMARTS) is 1. The maximum Gasteiger partial charge on any atom is 0.472 e. The number of aliphatic carboxylic acids is 1. The lowest BCUT2D eigenvalue weighted by atomic mass is 10.0. The number of nitrogens with two attached hydrogens (primary N) is 1. The maximum atomic E-state index is 12.6. The van der Waals surface area contributed by atoms with Crippen LogP contribution in [-0.2, 0) is 37.5 Å². The SMILES string of the molecule is CCCCC/C=C/C/C=C/CCCCCCCC(=O)OC(COC(=O)CCCCCCCCCCCCCCC)COP(=O)(O)OCC(N)C(=O)O. The summed E-state index contributed by atoms with van der Waals surface area (Å²) >= 11 is 0. The molecule has 0 aromatic heterocycles. The van der Waals surface area contributed by atoms with Gasteiger partial charge in [0.25, 0.3) is 0 Å². The topological polar surface area (TPSA) is 172 Å². The van der Waals surface area contributed by atoms with E-state index in [1.807, 2.05) is 0 Å². The van der Waals surface area contributed by atoms with Crippen LogP contribution in [0.3, 0.4) is 0 Å². The summed E-state index contributed by atoms with van der Waals surface area (Å²) in [4.78, 5) is 45.8. The third-order valence-electron chi connectivity index (χ3n) is 8.70. The second-order valence-corrected chi connectivity index (χ2v) is 15.2. The Morgan fingerprint density at radius 3 is 1.54 bits per heavy atom. The summed E-state index contributed by atoms with van der Waals surface area (Å²) in [5, 5.41) is 8.87. The number of ether oxygens (including phenoxy) is 2. The average Bonchev–Trinajstić information content (AvgIpc) is 3.12. The maximum absolute atomic E-state index is 12.6. The summed E-state index contributed by atoms with van der Waals surface area (Å²) in [6.45, 7) is 2.76. The number of phosphoric acid groups is 1. The Morgan fingerprint density at radius 1 is 0.596 bits per heavy atom. The molecule has 0 radical (unpaired) electrons. The first-order valence-electron chi connectivity index (χ1n) is 20.4. The number of allylic oxidation sites excluding steroid dienone is 4. The van der Waals surface area contributed by atoms with E-state index in [9.17, 15) is 23.8 Å². The van der Waals surface area contributed by atoms with Gasteiger partial charge in [-0.1, -0.05) is 147 Å². The lowest BCUT2D eigenvalue weighted by Crippen LogP contribution is -2.34.